The van der Waals surface area contributed by atoms with Crippen LogP contribution in [0.3, 0.4) is 0 Å². The minimum Gasteiger partial charge on any atom is -0.289 e. The Balaban J connectivity index is 2.95. The Morgan fingerprint density at radius 2 is 2.27 bits per heavy atom. The van der Waals surface area contributed by atoms with Crippen molar-refractivity contribution >= 4 is 18.9 Å². The second-order valence-electron chi connectivity index (χ2n) is 2.08. The summed E-state index contributed by atoms with van der Waals surface area (Å²) in [5.74, 6) is -0.364. The van der Waals surface area contributed by atoms with Crippen LogP contribution in [0.15, 0.2) is 24.3 Å². The van der Waals surface area contributed by atoms with E-state index in [0.29, 0.717) is 5.56 Å². The lowest BCUT2D eigenvalue weighted by atomic mass is 10.1. The van der Waals surface area contributed by atoms with Gasteiger partial charge in [0.05, 0.1) is 5.25 Å². The molecule has 0 spiro atoms. The van der Waals surface area contributed by atoms with Crippen LogP contribution in [-0.4, -0.2) is 6.29 Å². The summed E-state index contributed by atoms with van der Waals surface area (Å²) in [6.07, 6.45) is 1.66. The first-order valence-electron chi connectivity index (χ1n) is 3.05. The number of benzene rings is 1. The molecule has 1 atom stereocenters. The third-order valence-electron chi connectivity index (χ3n) is 1.28. The van der Waals surface area contributed by atoms with E-state index in [1.165, 1.54) is 18.2 Å². The molecule has 0 amide bonds. The smallest absolute Gasteiger partial charge is 0.216 e. The zero-order valence-electron chi connectivity index (χ0n) is 5.62. The maximum atomic E-state index is 12.5. The molecule has 0 heterocycles. The molecule has 3 heteroatoms. The van der Waals surface area contributed by atoms with Crippen molar-refractivity contribution in [3.63, 3.8) is 0 Å². The lowest BCUT2D eigenvalue weighted by molar-refractivity contribution is 0.554. The molecule has 1 aromatic rings. The second-order valence-corrected chi connectivity index (χ2v) is 2.59. The first-order valence-corrected chi connectivity index (χ1v) is 3.57. The van der Waals surface area contributed by atoms with E-state index in [1.807, 2.05) is 0 Å². The van der Waals surface area contributed by atoms with Crippen LogP contribution in [0.5, 0.6) is 0 Å². The van der Waals surface area contributed by atoms with E-state index in [4.69, 9.17) is 0 Å². The molecule has 0 aliphatic carbocycles. The zero-order valence-corrected chi connectivity index (χ0v) is 6.51. The third-order valence-corrected chi connectivity index (χ3v) is 1.68. The van der Waals surface area contributed by atoms with Gasteiger partial charge in [-0.15, -0.1) is 0 Å². The van der Waals surface area contributed by atoms with E-state index < -0.39 is 5.25 Å². The van der Waals surface area contributed by atoms with E-state index in [-0.39, 0.29) is 5.82 Å². The highest BCUT2D eigenvalue weighted by atomic mass is 32.1. The van der Waals surface area contributed by atoms with Crippen LogP contribution < -0.4 is 0 Å². The number of hydrogen-bond donors (Lipinski definition) is 1. The summed E-state index contributed by atoms with van der Waals surface area (Å²) in [6.45, 7) is 0. The molecular formula is C8H6FOS. The molecule has 0 aliphatic rings. The Hall–Kier alpha value is -0.830. The van der Waals surface area contributed by atoms with Gasteiger partial charge in [0, 0.05) is 0 Å². The van der Waals surface area contributed by atoms with Gasteiger partial charge in [0.25, 0.3) is 0 Å². The normalized spacial score (nSPS) is 12.5. The molecule has 0 fully saturated rings. The predicted molar refractivity (Wildman–Crippen MR) is 43.8 cm³/mol. The standard InChI is InChI=1S/C8H6FOS/c9-7-3-1-2-6(4-7)8(11)5-10/h1-4,8,11H. The molecule has 1 aromatic carbocycles. The van der Waals surface area contributed by atoms with Gasteiger partial charge in [0.1, 0.15) is 5.82 Å². The van der Waals surface area contributed by atoms with E-state index >= 15 is 0 Å². The minimum absolute atomic E-state index is 0.364. The molecule has 57 valence electrons. The van der Waals surface area contributed by atoms with Crippen LogP contribution in [0.1, 0.15) is 10.8 Å². The highest BCUT2D eigenvalue weighted by Crippen LogP contribution is 2.17. The highest BCUT2D eigenvalue weighted by molar-refractivity contribution is 7.81. The fourth-order valence-electron chi connectivity index (χ4n) is 0.745. The average Bonchev–Trinajstić information content (AvgIpc) is 2.03. The Bertz CT molecular complexity index is 262. The summed E-state index contributed by atoms with van der Waals surface area (Å²) < 4.78 is 12.5. The van der Waals surface area contributed by atoms with E-state index in [0.717, 1.165) is 0 Å². The molecule has 1 nitrogen and oxygen atoms in total. The van der Waals surface area contributed by atoms with E-state index in [9.17, 15) is 9.18 Å². The molecule has 1 rings (SSSR count). The maximum Gasteiger partial charge on any atom is 0.216 e. The number of rotatable bonds is 2. The topological polar surface area (TPSA) is 17.1 Å². The highest BCUT2D eigenvalue weighted by Gasteiger charge is 2.05. The first kappa shape index (κ1) is 8.27. The van der Waals surface area contributed by atoms with Crippen molar-refractivity contribution in [3.05, 3.63) is 35.6 Å². The lowest BCUT2D eigenvalue weighted by Crippen LogP contribution is -1.91. The average molecular weight is 169 g/mol. The number of carbonyl (C=O) groups excluding carboxylic acids is 1. The fraction of sp³-hybridized carbons (Fsp3) is 0.125. The second kappa shape index (κ2) is 3.53. The van der Waals surface area contributed by atoms with Crippen LogP contribution in [0.4, 0.5) is 4.39 Å². The van der Waals surface area contributed by atoms with E-state index in [1.54, 1.807) is 12.4 Å². The summed E-state index contributed by atoms with van der Waals surface area (Å²) in [6, 6.07) is 5.74. The largest absolute Gasteiger partial charge is 0.289 e. The van der Waals surface area contributed by atoms with Crippen molar-refractivity contribution in [1.29, 1.82) is 0 Å². The molecule has 0 aromatic heterocycles. The van der Waals surface area contributed by atoms with Gasteiger partial charge < -0.3 is 0 Å². The van der Waals surface area contributed by atoms with Crippen LogP contribution in [0.2, 0.25) is 0 Å². The molecular weight excluding hydrogens is 163 g/mol. The van der Waals surface area contributed by atoms with Gasteiger partial charge in [0.2, 0.25) is 6.29 Å². The maximum absolute atomic E-state index is 12.5. The summed E-state index contributed by atoms with van der Waals surface area (Å²) in [5, 5.41) is -0.648. The minimum atomic E-state index is -0.648. The van der Waals surface area contributed by atoms with Gasteiger partial charge in [-0.2, -0.15) is 12.6 Å². The monoisotopic (exact) mass is 169 g/mol. The Labute approximate surface area is 69.6 Å². The molecule has 11 heavy (non-hydrogen) atoms. The predicted octanol–water partition coefficient (Wildman–Crippen LogP) is 1.91. The number of halogens is 1. The summed E-state index contributed by atoms with van der Waals surface area (Å²) in [4.78, 5) is 10.1. The summed E-state index contributed by atoms with van der Waals surface area (Å²) in [7, 11) is 0. The van der Waals surface area contributed by atoms with Crippen LogP contribution in [0, 0.1) is 5.82 Å². The quantitative estimate of drug-likeness (QED) is 0.669. The van der Waals surface area contributed by atoms with Crippen LogP contribution in [-0.2, 0) is 4.79 Å². The van der Waals surface area contributed by atoms with Crippen LogP contribution >= 0.6 is 12.6 Å². The summed E-state index contributed by atoms with van der Waals surface area (Å²) in [5.41, 5.74) is 0.531. The van der Waals surface area contributed by atoms with Gasteiger partial charge in [-0.1, -0.05) is 12.1 Å². The van der Waals surface area contributed by atoms with Gasteiger partial charge in [-0.05, 0) is 17.7 Å². The molecule has 0 aliphatic heterocycles. The SMILES string of the molecule is O=[C]C(S)c1cccc(F)c1. The van der Waals surface area contributed by atoms with Crippen molar-refractivity contribution in [3.8, 4) is 0 Å². The van der Waals surface area contributed by atoms with Gasteiger partial charge in [0.15, 0.2) is 0 Å². The van der Waals surface area contributed by atoms with Crippen molar-refractivity contribution in [2.75, 3.05) is 0 Å². The first-order chi connectivity index (χ1) is 5.24. The van der Waals surface area contributed by atoms with Gasteiger partial charge in [-0.3, -0.25) is 4.79 Å². The van der Waals surface area contributed by atoms with Crippen molar-refractivity contribution < 1.29 is 9.18 Å². The number of hydrogen-bond acceptors (Lipinski definition) is 2. The zero-order chi connectivity index (χ0) is 8.27. The number of thiol groups is 1. The van der Waals surface area contributed by atoms with Crippen molar-refractivity contribution in [2.45, 2.75) is 5.25 Å². The summed E-state index contributed by atoms with van der Waals surface area (Å²) >= 11 is 3.88. The molecule has 0 saturated heterocycles. The molecule has 0 N–H and O–H groups in total. The van der Waals surface area contributed by atoms with Gasteiger partial charge in [-0.25, -0.2) is 4.39 Å². The van der Waals surface area contributed by atoms with Crippen LogP contribution in [0.25, 0.3) is 0 Å². The molecule has 1 radical (unpaired) electrons. The Morgan fingerprint density at radius 3 is 2.82 bits per heavy atom. The third kappa shape index (κ3) is 2.05. The Morgan fingerprint density at radius 1 is 1.55 bits per heavy atom. The molecule has 1 unspecified atom stereocenters. The van der Waals surface area contributed by atoms with Crippen molar-refractivity contribution in [1.82, 2.24) is 0 Å². The van der Waals surface area contributed by atoms with Gasteiger partial charge >= 0.3 is 0 Å². The lowest BCUT2D eigenvalue weighted by Gasteiger charge is -2.00. The fourth-order valence-corrected chi connectivity index (χ4v) is 0.905. The van der Waals surface area contributed by atoms with E-state index in [2.05, 4.69) is 12.6 Å². The Kier molecular flexibility index (Phi) is 2.65. The molecule has 0 bridgehead atoms. The van der Waals surface area contributed by atoms with Crippen molar-refractivity contribution in [2.24, 2.45) is 0 Å². The molecule has 0 saturated carbocycles.